The first-order valence-electron chi connectivity index (χ1n) is 6.54. The molecule has 0 aliphatic heterocycles. The molecule has 0 aromatic heterocycles. The van der Waals surface area contributed by atoms with Crippen molar-refractivity contribution in [3.63, 3.8) is 0 Å². The molecule has 0 spiro atoms. The predicted octanol–water partition coefficient (Wildman–Crippen LogP) is 3.28. The maximum absolute atomic E-state index is 6.22. The van der Waals surface area contributed by atoms with Crippen LogP contribution >= 0.6 is 0 Å². The number of hydrogen-bond acceptors (Lipinski definition) is 2. The molecular weight excluding hydrogens is 196 g/mol. The van der Waals surface area contributed by atoms with E-state index in [1.54, 1.807) is 0 Å². The van der Waals surface area contributed by atoms with Gasteiger partial charge in [-0.15, -0.1) is 0 Å². The lowest BCUT2D eigenvalue weighted by atomic mass is 9.88. The van der Waals surface area contributed by atoms with Crippen molar-refractivity contribution in [1.29, 1.82) is 0 Å². The Morgan fingerprint density at radius 2 is 1.94 bits per heavy atom. The molecule has 0 aromatic carbocycles. The third-order valence-electron chi connectivity index (χ3n) is 4.14. The van der Waals surface area contributed by atoms with Crippen molar-refractivity contribution >= 4 is 6.21 Å². The van der Waals surface area contributed by atoms with E-state index in [1.807, 2.05) is 0 Å². The fourth-order valence-electron chi connectivity index (χ4n) is 3.08. The summed E-state index contributed by atoms with van der Waals surface area (Å²) in [5, 5.41) is 0. The molecule has 0 radical (unpaired) electrons. The van der Waals surface area contributed by atoms with Crippen molar-refractivity contribution in [3.05, 3.63) is 11.3 Å². The van der Waals surface area contributed by atoms with E-state index in [2.05, 4.69) is 27.0 Å². The summed E-state index contributed by atoms with van der Waals surface area (Å²) >= 11 is 0. The van der Waals surface area contributed by atoms with E-state index in [4.69, 9.17) is 10.7 Å². The van der Waals surface area contributed by atoms with E-state index in [1.165, 1.54) is 31.3 Å². The van der Waals surface area contributed by atoms with Gasteiger partial charge in [-0.25, -0.2) is 0 Å². The summed E-state index contributed by atoms with van der Waals surface area (Å²) < 4.78 is 0. The molecule has 0 heterocycles. The molecule has 90 valence electrons. The molecule has 2 nitrogen and oxygen atoms in total. The lowest BCUT2D eigenvalue weighted by Crippen LogP contribution is -2.17. The molecule has 1 atom stereocenters. The van der Waals surface area contributed by atoms with Gasteiger partial charge in [0.25, 0.3) is 0 Å². The van der Waals surface area contributed by atoms with E-state index >= 15 is 0 Å². The molecule has 0 amide bonds. The van der Waals surface area contributed by atoms with Crippen molar-refractivity contribution < 1.29 is 0 Å². The van der Waals surface area contributed by atoms with Crippen molar-refractivity contribution in [3.8, 4) is 0 Å². The van der Waals surface area contributed by atoms with Crippen LogP contribution in [0, 0.1) is 11.3 Å². The molecule has 2 rings (SSSR count). The first-order chi connectivity index (χ1) is 7.50. The van der Waals surface area contributed by atoms with E-state index in [0.717, 1.165) is 12.1 Å². The normalized spacial score (nSPS) is 30.8. The molecule has 1 saturated carbocycles. The van der Waals surface area contributed by atoms with E-state index in [0.29, 0.717) is 12.0 Å². The lowest BCUT2D eigenvalue weighted by molar-refractivity contribution is 0.399. The zero-order valence-electron chi connectivity index (χ0n) is 10.8. The Morgan fingerprint density at radius 3 is 2.44 bits per heavy atom. The molecule has 16 heavy (non-hydrogen) atoms. The monoisotopic (exact) mass is 220 g/mol. The molecule has 1 fully saturated rings. The fourth-order valence-corrected chi connectivity index (χ4v) is 3.08. The largest absolute Gasteiger partial charge is 0.401 e. The zero-order valence-corrected chi connectivity index (χ0v) is 10.8. The molecule has 0 aromatic rings. The van der Waals surface area contributed by atoms with Gasteiger partial charge in [-0.2, -0.15) is 0 Å². The highest BCUT2D eigenvalue weighted by molar-refractivity contribution is 5.81. The molecule has 2 N–H and O–H groups in total. The fraction of sp³-hybridized carbons (Fsp3) is 0.786. The molecule has 2 aliphatic carbocycles. The molecule has 0 saturated heterocycles. The summed E-state index contributed by atoms with van der Waals surface area (Å²) in [6, 6.07) is 0.566. The maximum Gasteiger partial charge on any atom is 0.0499 e. The van der Waals surface area contributed by atoms with Gasteiger partial charge in [-0.1, -0.05) is 33.6 Å². The second kappa shape index (κ2) is 4.23. The minimum Gasteiger partial charge on any atom is -0.401 e. The number of hydrogen-bond donors (Lipinski definition) is 1. The van der Waals surface area contributed by atoms with Crippen molar-refractivity contribution in [1.82, 2.24) is 0 Å². The van der Waals surface area contributed by atoms with Crippen LogP contribution in [0.4, 0.5) is 0 Å². The highest BCUT2D eigenvalue weighted by Crippen LogP contribution is 2.42. The second-order valence-corrected chi connectivity index (χ2v) is 6.07. The average molecular weight is 220 g/mol. The summed E-state index contributed by atoms with van der Waals surface area (Å²) in [4.78, 5) is 4.71. The molecule has 2 heteroatoms. The number of nitrogens with zero attached hydrogens (tertiary/aromatic N) is 1. The highest BCUT2D eigenvalue weighted by atomic mass is 14.8. The first-order valence-corrected chi connectivity index (χ1v) is 6.54. The minimum absolute atomic E-state index is 0.163. The number of allylic oxidation sites excluding steroid dienone is 2. The highest BCUT2D eigenvalue weighted by Gasteiger charge is 2.34. The van der Waals surface area contributed by atoms with Crippen LogP contribution in [-0.4, -0.2) is 12.3 Å². The Labute approximate surface area is 99.0 Å². The Kier molecular flexibility index (Phi) is 3.09. The van der Waals surface area contributed by atoms with Gasteiger partial charge in [0.05, 0.1) is 0 Å². The van der Waals surface area contributed by atoms with Gasteiger partial charge in [-0.3, -0.25) is 4.99 Å². The third kappa shape index (κ3) is 2.16. The van der Waals surface area contributed by atoms with Crippen LogP contribution in [0.1, 0.15) is 52.9 Å². The van der Waals surface area contributed by atoms with Gasteiger partial charge >= 0.3 is 0 Å². The Balaban J connectivity index is 2.11. The molecule has 1 unspecified atom stereocenters. The van der Waals surface area contributed by atoms with E-state index < -0.39 is 0 Å². The van der Waals surface area contributed by atoms with Gasteiger partial charge in [-0.05, 0) is 30.8 Å². The predicted molar refractivity (Wildman–Crippen MR) is 69.5 cm³/mol. The van der Waals surface area contributed by atoms with Crippen LogP contribution < -0.4 is 5.73 Å². The second-order valence-electron chi connectivity index (χ2n) is 6.07. The smallest absolute Gasteiger partial charge is 0.0499 e. The third-order valence-corrected chi connectivity index (χ3v) is 4.14. The number of aliphatic imine (C=N–C) groups is 1. The quantitative estimate of drug-likeness (QED) is 0.713. The minimum atomic E-state index is 0.163. The standard InChI is InChI=1S/C14H24N2/c1-10-8-14(2,3)13(15)12(10)9-16-11-6-4-5-7-11/h9-11H,4-8,15H2,1-3H3. The molecule has 2 aliphatic rings. The van der Waals surface area contributed by atoms with Gasteiger partial charge in [0.15, 0.2) is 0 Å². The summed E-state index contributed by atoms with van der Waals surface area (Å²) in [5.41, 5.74) is 8.73. The van der Waals surface area contributed by atoms with Gasteiger partial charge in [0.2, 0.25) is 0 Å². The van der Waals surface area contributed by atoms with Gasteiger partial charge in [0, 0.05) is 23.4 Å². The van der Waals surface area contributed by atoms with Crippen molar-refractivity contribution in [2.24, 2.45) is 22.1 Å². The summed E-state index contributed by atoms with van der Waals surface area (Å²) in [6.07, 6.45) is 8.45. The SMILES string of the molecule is CC1CC(C)(C)C(N)=C1C=NC1CCCC1. The van der Waals surface area contributed by atoms with Gasteiger partial charge < -0.3 is 5.73 Å². The zero-order chi connectivity index (χ0) is 11.8. The van der Waals surface area contributed by atoms with Crippen LogP contribution in [0.5, 0.6) is 0 Å². The summed E-state index contributed by atoms with van der Waals surface area (Å²) in [5.74, 6) is 0.570. The Hall–Kier alpha value is -0.790. The van der Waals surface area contributed by atoms with Gasteiger partial charge in [0.1, 0.15) is 0 Å². The topological polar surface area (TPSA) is 38.4 Å². The molecular formula is C14H24N2. The van der Waals surface area contributed by atoms with Crippen LogP contribution in [-0.2, 0) is 0 Å². The van der Waals surface area contributed by atoms with Crippen molar-refractivity contribution in [2.75, 3.05) is 0 Å². The summed E-state index contributed by atoms with van der Waals surface area (Å²) in [6.45, 7) is 6.72. The van der Waals surface area contributed by atoms with Crippen LogP contribution in [0.25, 0.3) is 0 Å². The van der Waals surface area contributed by atoms with Crippen LogP contribution in [0.2, 0.25) is 0 Å². The van der Waals surface area contributed by atoms with E-state index in [9.17, 15) is 0 Å². The molecule has 0 bridgehead atoms. The van der Waals surface area contributed by atoms with Crippen LogP contribution in [0.15, 0.2) is 16.3 Å². The number of nitrogens with two attached hydrogens (primary N) is 1. The summed E-state index contributed by atoms with van der Waals surface area (Å²) in [7, 11) is 0. The maximum atomic E-state index is 6.22. The van der Waals surface area contributed by atoms with E-state index in [-0.39, 0.29) is 5.41 Å². The average Bonchev–Trinajstić information content (AvgIpc) is 2.74. The first kappa shape index (κ1) is 11.7. The Morgan fingerprint density at radius 1 is 1.31 bits per heavy atom. The van der Waals surface area contributed by atoms with Crippen LogP contribution in [0.3, 0.4) is 0 Å². The Bertz CT molecular complexity index is 320. The number of rotatable bonds is 2. The van der Waals surface area contributed by atoms with Crippen molar-refractivity contribution in [2.45, 2.75) is 58.9 Å². The lowest BCUT2D eigenvalue weighted by Gasteiger charge is -2.19.